The lowest BCUT2D eigenvalue weighted by molar-refractivity contribution is 0.408. The molecule has 0 radical (unpaired) electrons. The molecule has 0 aliphatic rings. The van der Waals surface area contributed by atoms with Gasteiger partial charge in [0.25, 0.3) is 0 Å². The number of unbranched alkanes of at least 4 members (excludes halogenated alkanes) is 1. The highest BCUT2D eigenvalue weighted by molar-refractivity contribution is 7.98. The molecule has 0 saturated carbocycles. The third-order valence-electron chi connectivity index (χ3n) is 1.75. The van der Waals surface area contributed by atoms with E-state index in [1.54, 1.807) is 6.26 Å². The van der Waals surface area contributed by atoms with Crippen LogP contribution in [0, 0.1) is 0 Å². The fourth-order valence-electron chi connectivity index (χ4n) is 1.04. The molecule has 0 aromatic carbocycles. The van der Waals surface area contributed by atoms with Crippen LogP contribution in [-0.4, -0.2) is 23.7 Å². The molecule has 1 aromatic heterocycles. The molecule has 74 valence electrons. The van der Waals surface area contributed by atoms with Gasteiger partial charge >= 0.3 is 0 Å². The second-order valence-electron chi connectivity index (χ2n) is 2.87. The first-order valence-corrected chi connectivity index (χ1v) is 5.92. The molecule has 1 N–H and O–H groups in total. The van der Waals surface area contributed by atoms with Crippen molar-refractivity contribution in [3.8, 4) is 0 Å². The van der Waals surface area contributed by atoms with Gasteiger partial charge in [0.05, 0.1) is 5.69 Å². The Balaban J connectivity index is 1.90. The van der Waals surface area contributed by atoms with Gasteiger partial charge in [0, 0.05) is 12.6 Å². The topological polar surface area (TPSA) is 38.1 Å². The van der Waals surface area contributed by atoms with E-state index in [-0.39, 0.29) is 0 Å². The Bertz CT molecular complexity index is 201. The molecular weight excluding hydrogens is 184 g/mol. The standard InChI is InChI=1S/C9H16N2OS/c1-13-7-3-2-5-10-8-9-4-6-12-11-9/h4,6,10H,2-3,5,7-8H2,1H3. The maximum Gasteiger partial charge on any atom is 0.124 e. The second-order valence-corrected chi connectivity index (χ2v) is 3.85. The number of rotatable bonds is 7. The van der Waals surface area contributed by atoms with E-state index >= 15 is 0 Å². The monoisotopic (exact) mass is 200 g/mol. The quantitative estimate of drug-likeness (QED) is 0.682. The maximum absolute atomic E-state index is 4.72. The van der Waals surface area contributed by atoms with Gasteiger partial charge in [-0.25, -0.2) is 0 Å². The number of nitrogens with zero attached hydrogens (tertiary/aromatic N) is 1. The van der Waals surface area contributed by atoms with Gasteiger partial charge in [0.15, 0.2) is 0 Å². The molecule has 0 aliphatic heterocycles. The lowest BCUT2D eigenvalue weighted by atomic mass is 10.3. The van der Waals surface area contributed by atoms with Crippen LogP contribution in [0.15, 0.2) is 16.9 Å². The van der Waals surface area contributed by atoms with E-state index in [4.69, 9.17) is 4.52 Å². The normalized spacial score (nSPS) is 10.5. The predicted octanol–water partition coefficient (Wildman–Crippen LogP) is 1.91. The molecule has 0 spiro atoms. The molecule has 0 unspecified atom stereocenters. The summed E-state index contributed by atoms with van der Waals surface area (Å²) in [4.78, 5) is 0. The van der Waals surface area contributed by atoms with Gasteiger partial charge in [0.1, 0.15) is 6.26 Å². The van der Waals surface area contributed by atoms with E-state index in [9.17, 15) is 0 Å². The zero-order chi connectivity index (χ0) is 9.36. The molecule has 1 rings (SSSR count). The van der Waals surface area contributed by atoms with Crippen molar-refractivity contribution in [3.05, 3.63) is 18.0 Å². The van der Waals surface area contributed by atoms with Gasteiger partial charge in [-0.2, -0.15) is 11.8 Å². The van der Waals surface area contributed by atoms with E-state index < -0.39 is 0 Å². The van der Waals surface area contributed by atoms with Crippen LogP contribution in [0.2, 0.25) is 0 Å². The highest BCUT2D eigenvalue weighted by atomic mass is 32.2. The summed E-state index contributed by atoms with van der Waals surface area (Å²) in [7, 11) is 0. The molecule has 0 aliphatic carbocycles. The van der Waals surface area contributed by atoms with Crippen molar-refractivity contribution in [2.45, 2.75) is 19.4 Å². The van der Waals surface area contributed by atoms with Gasteiger partial charge in [-0.1, -0.05) is 5.16 Å². The molecular formula is C9H16N2OS. The molecule has 0 fully saturated rings. The Labute approximate surface area is 83.3 Å². The van der Waals surface area contributed by atoms with Crippen molar-refractivity contribution in [2.24, 2.45) is 0 Å². The molecule has 0 bridgehead atoms. The van der Waals surface area contributed by atoms with Gasteiger partial charge in [0.2, 0.25) is 0 Å². The summed E-state index contributed by atoms with van der Waals surface area (Å²) in [5.74, 6) is 1.26. The Kier molecular flexibility index (Phi) is 5.69. The molecule has 13 heavy (non-hydrogen) atoms. The third kappa shape index (κ3) is 4.95. The van der Waals surface area contributed by atoms with Gasteiger partial charge in [-0.15, -0.1) is 0 Å². The van der Waals surface area contributed by atoms with Crippen molar-refractivity contribution in [1.82, 2.24) is 10.5 Å². The summed E-state index contributed by atoms with van der Waals surface area (Å²) in [6.45, 7) is 1.88. The SMILES string of the molecule is CSCCCCNCc1ccon1. The number of aromatic nitrogens is 1. The van der Waals surface area contributed by atoms with Crippen LogP contribution in [0.3, 0.4) is 0 Å². The van der Waals surface area contributed by atoms with Crippen LogP contribution in [0.5, 0.6) is 0 Å². The lowest BCUT2D eigenvalue weighted by Gasteiger charge is -2.00. The molecule has 0 amide bonds. The first kappa shape index (κ1) is 10.6. The summed E-state index contributed by atoms with van der Waals surface area (Å²) >= 11 is 1.90. The summed E-state index contributed by atoms with van der Waals surface area (Å²) in [6.07, 6.45) is 6.26. The largest absolute Gasteiger partial charge is 0.364 e. The molecule has 0 atom stereocenters. The lowest BCUT2D eigenvalue weighted by Crippen LogP contribution is -2.14. The van der Waals surface area contributed by atoms with E-state index in [1.807, 2.05) is 17.8 Å². The van der Waals surface area contributed by atoms with Crippen LogP contribution in [0.1, 0.15) is 18.5 Å². The number of thioether (sulfide) groups is 1. The summed E-state index contributed by atoms with van der Waals surface area (Å²) in [6, 6.07) is 1.88. The van der Waals surface area contributed by atoms with Crippen LogP contribution in [-0.2, 0) is 6.54 Å². The van der Waals surface area contributed by atoms with E-state index in [2.05, 4.69) is 16.7 Å². The maximum atomic E-state index is 4.72. The van der Waals surface area contributed by atoms with E-state index in [0.29, 0.717) is 0 Å². The molecule has 0 saturated heterocycles. The van der Waals surface area contributed by atoms with Crippen LogP contribution >= 0.6 is 11.8 Å². The zero-order valence-corrected chi connectivity index (χ0v) is 8.77. The number of hydrogen-bond donors (Lipinski definition) is 1. The molecule has 1 heterocycles. The van der Waals surface area contributed by atoms with Crippen molar-refractivity contribution < 1.29 is 4.52 Å². The summed E-state index contributed by atoms with van der Waals surface area (Å²) in [5, 5.41) is 7.12. The van der Waals surface area contributed by atoms with Crippen molar-refractivity contribution in [2.75, 3.05) is 18.6 Å². The average Bonchev–Trinajstić information content (AvgIpc) is 2.63. The average molecular weight is 200 g/mol. The molecule has 1 aromatic rings. The fourth-order valence-corrected chi connectivity index (χ4v) is 1.53. The minimum atomic E-state index is 0.815. The van der Waals surface area contributed by atoms with Crippen molar-refractivity contribution in [3.63, 3.8) is 0 Å². The highest BCUT2D eigenvalue weighted by Gasteiger charge is 1.94. The number of hydrogen-bond acceptors (Lipinski definition) is 4. The Morgan fingerprint density at radius 2 is 2.46 bits per heavy atom. The van der Waals surface area contributed by atoms with Gasteiger partial charge < -0.3 is 9.84 Å². The first-order valence-electron chi connectivity index (χ1n) is 4.52. The molecule has 4 heteroatoms. The zero-order valence-electron chi connectivity index (χ0n) is 7.95. The minimum absolute atomic E-state index is 0.815. The number of nitrogens with one attached hydrogen (secondary N) is 1. The fraction of sp³-hybridized carbons (Fsp3) is 0.667. The van der Waals surface area contributed by atoms with Crippen LogP contribution in [0.25, 0.3) is 0 Å². The summed E-state index contributed by atoms with van der Waals surface area (Å²) in [5.41, 5.74) is 0.977. The second kappa shape index (κ2) is 6.97. The van der Waals surface area contributed by atoms with Crippen molar-refractivity contribution in [1.29, 1.82) is 0 Å². The van der Waals surface area contributed by atoms with E-state index in [1.165, 1.54) is 18.6 Å². The van der Waals surface area contributed by atoms with Gasteiger partial charge in [-0.05, 0) is 31.4 Å². The third-order valence-corrected chi connectivity index (χ3v) is 2.45. The predicted molar refractivity (Wildman–Crippen MR) is 55.8 cm³/mol. The smallest absolute Gasteiger partial charge is 0.124 e. The Hall–Kier alpha value is -0.480. The van der Waals surface area contributed by atoms with Crippen molar-refractivity contribution >= 4 is 11.8 Å². The van der Waals surface area contributed by atoms with Crippen LogP contribution in [0.4, 0.5) is 0 Å². The highest BCUT2D eigenvalue weighted by Crippen LogP contribution is 1.98. The Morgan fingerprint density at radius 1 is 1.54 bits per heavy atom. The molecule has 3 nitrogen and oxygen atoms in total. The van der Waals surface area contributed by atoms with Crippen LogP contribution < -0.4 is 5.32 Å². The summed E-state index contributed by atoms with van der Waals surface area (Å²) < 4.78 is 4.72. The minimum Gasteiger partial charge on any atom is -0.364 e. The van der Waals surface area contributed by atoms with E-state index in [0.717, 1.165) is 18.8 Å². The first-order chi connectivity index (χ1) is 6.43. The van der Waals surface area contributed by atoms with Gasteiger partial charge in [-0.3, -0.25) is 0 Å². The Morgan fingerprint density at radius 3 is 3.15 bits per heavy atom.